The summed E-state index contributed by atoms with van der Waals surface area (Å²) in [5.41, 5.74) is 0. The average Bonchev–Trinajstić information content (AvgIpc) is 2.32. The fourth-order valence-electron chi connectivity index (χ4n) is 2.00. The second-order valence-electron chi connectivity index (χ2n) is 4.74. The number of hydrogen-bond donors (Lipinski definition) is 1. The molecule has 1 rings (SSSR count). The van der Waals surface area contributed by atoms with Crippen molar-refractivity contribution < 1.29 is 9.59 Å². The van der Waals surface area contributed by atoms with Crippen LogP contribution in [0.25, 0.3) is 0 Å². The van der Waals surface area contributed by atoms with Crippen LogP contribution in [0, 0.1) is 5.92 Å². The first-order valence-electron chi connectivity index (χ1n) is 5.48. The molecule has 2 amide bonds. The Morgan fingerprint density at radius 1 is 1.40 bits per heavy atom. The third kappa shape index (κ3) is 3.02. The minimum atomic E-state index is -0.309. The Hall–Kier alpha value is -0.900. The van der Waals surface area contributed by atoms with Gasteiger partial charge in [0.05, 0.1) is 12.5 Å². The zero-order valence-electron chi connectivity index (χ0n) is 9.91. The molecule has 15 heavy (non-hydrogen) atoms. The smallest absolute Gasteiger partial charge is 0.246 e. The second-order valence-corrected chi connectivity index (χ2v) is 4.74. The van der Waals surface area contributed by atoms with Gasteiger partial charge in [-0.25, -0.2) is 0 Å². The van der Waals surface area contributed by atoms with Crippen molar-refractivity contribution in [3.8, 4) is 0 Å². The van der Waals surface area contributed by atoms with Crippen molar-refractivity contribution in [1.29, 1.82) is 0 Å². The van der Waals surface area contributed by atoms with Crippen molar-refractivity contribution in [2.45, 2.75) is 45.7 Å². The number of hydrogen-bond acceptors (Lipinski definition) is 3. The molecule has 0 aliphatic carbocycles. The number of nitrogens with one attached hydrogen (secondary N) is 1. The maximum atomic E-state index is 11.6. The van der Waals surface area contributed by atoms with Crippen molar-refractivity contribution in [2.75, 3.05) is 7.05 Å². The molecular weight excluding hydrogens is 192 g/mol. The first-order valence-corrected chi connectivity index (χ1v) is 5.48. The molecular formula is C11H20N2O2. The molecule has 0 spiro atoms. The van der Waals surface area contributed by atoms with Crippen LogP contribution >= 0.6 is 0 Å². The van der Waals surface area contributed by atoms with Crippen LogP contribution in [-0.2, 0) is 9.59 Å². The third-order valence-corrected chi connectivity index (χ3v) is 2.69. The standard InChI is InChI=1S/C11H20N2O2/c1-7(2)5-8(3)12-9-6-10(14)13(4)11(9)15/h7-9,12H,5-6H2,1-4H3. The summed E-state index contributed by atoms with van der Waals surface area (Å²) < 4.78 is 0. The summed E-state index contributed by atoms with van der Waals surface area (Å²) in [6.45, 7) is 6.34. The highest BCUT2D eigenvalue weighted by atomic mass is 16.2. The highest BCUT2D eigenvalue weighted by molar-refractivity contribution is 6.05. The van der Waals surface area contributed by atoms with Crippen molar-refractivity contribution in [2.24, 2.45) is 5.92 Å². The molecule has 1 heterocycles. The van der Waals surface area contributed by atoms with Gasteiger partial charge in [0, 0.05) is 13.1 Å². The first-order chi connectivity index (χ1) is 6.91. The fraction of sp³-hybridized carbons (Fsp3) is 0.818. The van der Waals surface area contributed by atoms with Gasteiger partial charge < -0.3 is 5.32 Å². The van der Waals surface area contributed by atoms with E-state index in [-0.39, 0.29) is 23.9 Å². The highest BCUT2D eigenvalue weighted by Gasteiger charge is 2.36. The number of nitrogens with zero attached hydrogens (tertiary/aromatic N) is 1. The summed E-state index contributed by atoms with van der Waals surface area (Å²) in [5.74, 6) is 0.405. The lowest BCUT2D eigenvalue weighted by atomic mass is 10.0. The van der Waals surface area contributed by atoms with Crippen molar-refractivity contribution in [3.63, 3.8) is 0 Å². The van der Waals surface area contributed by atoms with Gasteiger partial charge in [0.15, 0.2) is 0 Å². The SMILES string of the molecule is CC(C)CC(C)NC1CC(=O)N(C)C1=O. The lowest BCUT2D eigenvalue weighted by molar-refractivity contribution is -0.137. The van der Waals surface area contributed by atoms with Crippen LogP contribution in [0.1, 0.15) is 33.6 Å². The molecule has 1 aliphatic heterocycles. The van der Waals surface area contributed by atoms with E-state index in [1.54, 1.807) is 7.05 Å². The van der Waals surface area contributed by atoms with Gasteiger partial charge in [0.1, 0.15) is 0 Å². The molecule has 0 saturated carbocycles. The van der Waals surface area contributed by atoms with Crippen LogP contribution in [0.5, 0.6) is 0 Å². The molecule has 86 valence electrons. The van der Waals surface area contributed by atoms with E-state index < -0.39 is 0 Å². The summed E-state index contributed by atoms with van der Waals surface area (Å²) >= 11 is 0. The topological polar surface area (TPSA) is 49.4 Å². The summed E-state index contributed by atoms with van der Waals surface area (Å²) in [4.78, 5) is 24.1. The zero-order chi connectivity index (χ0) is 11.6. The molecule has 0 aromatic rings. The van der Waals surface area contributed by atoms with Crippen LogP contribution in [0.2, 0.25) is 0 Å². The Morgan fingerprint density at radius 3 is 2.40 bits per heavy atom. The Bertz CT molecular complexity index is 263. The van der Waals surface area contributed by atoms with E-state index in [9.17, 15) is 9.59 Å². The monoisotopic (exact) mass is 212 g/mol. The maximum Gasteiger partial charge on any atom is 0.246 e. The van der Waals surface area contributed by atoms with E-state index in [1.807, 2.05) is 0 Å². The third-order valence-electron chi connectivity index (χ3n) is 2.69. The summed E-state index contributed by atoms with van der Waals surface area (Å²) in [6.07, 6.45) is 1.32. The fourth-order valence-corrected chi connectivity index (χ4v) is 2.00. The van der Waals surface area contributed by atoms with Gasteiger partial charge in [-0.05, 0) is 19.3 Å². The van der Waals surface area contributed by atoms with Gasteiger partial charge >= 0.3 is 0 Å². The van der Waals surface area contributed by atoms with E-state index in [1.165, 1.54) is 4.90 Å². The molecule has 4 nitrogen and oxygen atoms in total. The van der Waals surface area contributed by atoms with Crippen molar-refractivity contribution >= 4 is 11.8 Å². The molecule has 2 unspecified atom stereocenters. The maximum absolute atomic E-state index is 11.6. The van der Waals surface area contributed by atoms with Gasteiger partial charge in [0.2, 0.25) is 11.8 Å². The molecule has 1 saturated heterocycles. The molecule has 0 bridgehead atoms. The highest BCUT2D eigenvalue weighted by Crippen LogP contribution is 2.13. The van der Waals surface area contributed by atoms with Gasteiger partial charge in [-0.3, -0.25) is 14.5 Å². The molecule has 4 heteroatoms. The van der Waals surface area contributed by atoms with Gasteiger partial charge in [-0.2, -0.15) is 0 Å². The van der Waals surface area contributed by atoms with E-state index in [2.05, 4.69) is 26.1 Å². The molecule has 1 fully saturated rings. The van der Waals surface area contributed by atoms with Crippen molar-refractivity contribution in [1.82, 2.24) is 10.2 Å². The van der Waals surface area contributed by atoms with Crippen molar-refractivity contribution in [3.05, 3.63) is 0 Å². The number of likely N-dealkylation sites (tertiary alicyclic amines) is 1. The Labute approximate surface area is 91.0 Å². The summed E-state index contributed by atoms with van der Waals surface area (Å²) in [6, 6.07) is -0.0329. The average molecular weight is 212 g/mol. The van der Waals surface area contributed by atoms with E-state index in [4.69, 9.17) is 0 Å². The molecule has 0 aromatic heterocycles. The predicted octanol–water partition coefficient (Wildman–Crippen LogP) is 0.768. The van der Waals surface area contributed by atoms with Crippen LogP contribution in [0.15, 0.2) is 0 Å². The van der Waals surface area contributed by atoms with Gasteiger partial charge in [-0.15, -0.1) is 0 Å². The first kappa shape index (κ1) is 12.2. The quantitative estimate of drug-likeness (QED) is 0.700. The lowest BCUT2D eigenvalue weighted by Crippen LogP contribution is -2.42. The van der Waals surface area contributed by atoms with Gasteiger partial charge in [0.25, 0.3) is 0 Å². The molecule has 0 radical (unpaired) electrons. The zero-order valence-corrected chi connectivity index (χ0v) is 9.91. The molecule has 1 N–H and O–H groups in total. The molecule has 0 aromatic carbocycles. The Morgan fingerprint density at radius 2 is 2.00 bits per heavy atom. The normalized spacial score (nSPS) is 24.1. The second kappa shape index (κ2) is 4.75. The number of carbonyl (C=O) groups is 2. The Balaban J connectivity index is 2.46. The number of carbonyl (C=O) groups excluding carboxylic acids is 2. The Kier molecular flexibility index (Phi) is 3.85. The predicted molar refractivity (Wildman–Crippen MR) is 58.2 cm³/mol. The van der Waals surface area contributed by atoms with Crippen LogP contribution in [0.4, 0.5) is 0 Å². The number of imide groups is 1. The summed E-state index contributed by atoms with van der Waals surface area (Å²) in [7, 11) is 1.54. The van der Waals surface area contributed by atoms with Gasteiger partial charge in [-0.1, -0.05) is 13.8 Å². The van der Waals surface area contributed by atoms with E-state index in [0.29, 0.717) is 12.3 Å². The molecule has 2 atom stereocenters. The number of likely N-dealkylation sites (N-methyl/N-ethyl adjacent to an activating group) is 1. The van der Waals surface area contributed by atoms with Crippen LogP contribution < -0.4 is 5.32 Å². The number of rotatable bonds is 4. The van der Waals surface area contributed by atoms with Crippen LogP contribution in [-0.4, -0.2) is 35.8 Å². The minimum absolute atomic E-state index is 0.0887. The minimum Gasteiger partial charge on any atom is -0.303 e. The largest absolute Gasteiger partial charge is 0.303 e. The van der Waals surface area contributed by atoms with E-state index >= 15 is 0 Å². The van der Waals surface area contributed by atoms with E-state index in [0.717, 1.165) is 6.42 Å². The van der Waals surface area contributed by atoms with Crippen LogP contribution in [0.3, 0.4) is 0 Å². The summed E-state index contributed by atoms with van der Waals surface area (Å²) in [5, 5.41) is 3.21. The molecule has 1 aliphatic rings. The number of amides is 2. The lowest BCUT2D eigenvalue weighted by Gasteiger charge is -2.19.